The van der Waals surface area contributed by atoms with Crippen LogP contribution in [0.15, 0.2) is 29.6 Å². The fourth-order valence-electron chi connectivity index (χ4n) is 1.65. The lowest BCUT2D eigenvalue weighted by molar-refractivity contribution is 0.179. The minimum atomic E-state index is -0.489. The SMILES string of the molecule is Cc1cc(C(O)Cc2ccc(Cl)c(Cl)c2)cs1. The van der Waals surface area contributed by atoms with E-state index in [0.29, 0.717) is 16.5 Å². The van der Waals surface area contributed by atoms with E-state index in [1.807, 2.05) is 24.4 Å². The van der Waals surface area contributed by atoms with Crippen molar-refractivity contribution >= 4 is 34.5 Å². The van der Waals surface area contributed by atoms with E-state index in [9.17, 15) is 5.11 Å². The van der Waals surface area contributed by atoms with E-state index in [4.69, 9.17) is 23.2 Å². The van der Waals surface area contributed by atoms with Gasteiger partial charge in [-0.2, -0.15) is 0 Å². The van der Waals surface area contributed by atoms with Crippen molar-refractivity contribution in [1.82, 2.24) is 0 Å². The van der Waals surface area contributed by atoms with Crippen LogP contribution in [0.4, 0.5) is 0 Å². The van der Waals surface area contributed by atoms with Crippen LogP contribution in [-0.4, -0.2) is 5.11 Å². The summed E-state index contributed by atoms with van der Waals surface area (Å²) in [7, 11) is 0. The van der Waals surface area contributed by atoms with Crippen LogP contribution in [0.3, 0.4) is 0 Å². The zero-order chi connectivity index (χ0) is 12.4. The molecular formula is C13H12Cl2OS. The Hall–Kier alpha value is -0.540. The van der Waals surface area contributed by atoms with E-state index in [0.717, 1.165) is 11.1 Å². The largest absolute Gasteiger partial charge is 0.388 e. The van der Waals surface area contributed by atoms with Crippen LogP contribution in [0.1, 0.15) is 22.1 Å². The monoisotopic (exact) mass is 286 g/mol. The number of aryl methyl sites for hydroxylation is 1. The molecule has 4 heteroatoms. The third kappa shape index (κ3) is 3.23. The van der Waals surface area contributed by atoms with Gasteiger partial charge in [-0.3, -0.25) is 0 Å². The molecule has 2 aromatic rings. The summed E-state index contributed by atoms with van der Waals surface area (Å²) < 4.78 is 0. The fraction of sp³-hybridized carbons (Fsp3) is 0.231. The van der Waals surface area contributed by atoms with Crippen molar-refractivity contribution < 1.29 is 5.11 Å². The number of halogens is 2. The van der Waals surface area contributed by atoms with Gasteiger partial charge < -0.3 is 5.11 Å². The molecule has 2 rings (SSSR count). The first-order chi connectivity index (χ1) is 8.06. The van der Waals surface area contributed by atoms with Gasteiger partial charge in [0.2, 0.25) is 0 Å². The summed E-state index contributed by atoms with van der Waals surface area (Å²) in [6.07, 6.45) is 0.0600. The van der Waals surface area contributed by atoms with Gasteiger partial charge in [-0.1, -0.05) is 29.3 Å². The van der Waals surface area contributed by atoms with Gasteiger partial charge in [-0.15, -0.1) is 11.3 Å². The average Bonchev–Trinajstić information content (AvgIpc) is 2.70. The maximum absolute atomic E-state index is 10.1. The maximum atomic E-state index is 10.1. The summed E-state index contributed by atoms with van der Waals surface area (Å²) in [6, 6.07) is 7.45. The van der Waals surface area contributed by atoms with Crippen LogP contribution in [-0.2, 0) is 6.42 Å². The first-order valence-corrected chi connectivity index (χ1v) is 6.87. The Bertz CT molecular complexity index is 522. The summed E-state index contributed by atoms with van der Waals surface area (Å²) in [5.74, 6) is 0. The van der Waals surface area contributed by atoms with Crippen molar-refractivity contribution in [3.63, 3.8) is 0 Å². The van der Waals surface area contributed by atoms with Gasteiger partial charge in [0.25, 0.3) is 0 Å². The molecule has 1 N–H and O–H groups in total. The molecule has 1 unspecified atom stereocenters. The molecule has 0 aliphatic rings. The molecule has 90 valence electrons. The summed E-state index contributed by atoms with van der Waals surface area (Å²) >= 11 is 13.4. The quantitative estimate of drug-likeness (QED) is 0.872. The average molecular weight is 287 g/mol. The maximum Gasteiger partial charge on any atom is 0.0838 e. The number of benzene rings is 1. The van der Waals surface area contributed by atoms with Gasteiger partial charge in [0, 0.05) is 11.3 Å². The van der Waals surface area contributed by atoms with Gasteiger partial charge in [0.15, 0.2) is 0 Å². The highest BCUT2D eigenvalue weighted by atomic mass is 35.5. The first-order valence-electron chi connectivity index (χ1n) is 5.23. The normalized spacial score (nSPS) is 12.7. The lowest BCUT2D eigenvalue weighted by atomic mass is 10.0. The number of thiophene rings is 1. The molecule has 0 saturated carbocycles. The zero-order valence-electron chi connectivity index (χ0n) is 9.28. The summed E-state index contributed by atoms with van der Waals surface area (Å²) in [5.41, 5.74) is 1.94. The van der Waals surface area contributed by atoms with Crippen molar-refractivity contribution in [2.45, 2.75) is 19.4 Å². The minimum absolute atomic E-state index is 0.489. The molecule has 0 radical (unpaired) electrons. The van der Waals surface area contributed by atoms with E-state index in [-0.39, 0.29) is 0 Å². The number of hydrogen-bond acceptors (Lipinski definition) is 2. The van der Waals surface area contributed by atoms with E-state index in [1.165, 1.54) is 4.88 Å². The van der Waals surface area contributed by atoms with E-state index in [1.54, 1.807) is 23.5 Å². The molecule has 1 aromatic heterocycles. The van der Waals surface area contributed by atoms with Crippen LogP contribution in [0.2, 0.25) is 10.0 Å². The number of hydrogen-bond donors (Lipinski definition) is 1. The standard InChI is InChI=1S/C13H12Cl2OS/c1-8-4-10(7-17-8)13(16)6-9-2-3-11(14)12(15)5-9/h2-5,7,13,16H,6H2,1H3. The van der Waals surface area contributed by atoms with Crippen molar-refractivity contribution in [2.75, 3.05) is 0 Å². The Morgan fingerprint density at radius 2 is 2.00 bits per heavy atom. The number of aliphatic hydroxyl groups is 1. The van der Waals surface area contributed by atoms with Crippen molar-refractivity contribution in [3.05, 3.63) is 55.7 Å². The van der Waals surface area contributed by atoms with Crippen LogP contribution >= 0.6 is 34.5 Å². The van der Waals surface area contributed by atoms with Gasteiger partial charge >= 0.3 is 0 Å². The predicted molar refractivity (Wildman–Crippen MR) is 74.2 cm³/mol. The Morgan fingerprint density at radius 3 is 2.59 bits per heavy atom. The van der Waals surface area contributed by atoms with Gasteiger partial charge in [-0.25, -0.2) is 0 Å². The third-order valence-electron chi connectivity index (χ3n) is 2.55. The number of aliphatic hydroxyl groups excluding tert-OH is 1. The second-order valence-electron chi connectivity index (χ2n) is 3.96. The number of rotatable bonds is 3. The molecule has 0 aliphatic carbocycles. The zero-order valence-corrected chi connectivity index (χ0v) is 11.6. The fourth-order valence-corrected chi connectivity index (χ4v) is 2.72. The summed E-state index contributed by atoms with van der Waals surface area (Å²) in [6.45, 7) is 2.03. The van der Waals surface area contributed by atoms with Crippen molar-refractivity contribution in [3.8, 4) is 0 Å². The highest BCUT2D eigenvalue weighted by Gasteiger charge is 2.11. The molecule has 1 aromatic carbocycles. The first kappa shape index (κ1) is 12.9. The van der Waals surface area contributed by atoms with Gasteiger partial charge in [0.1, 0.15) is 0 Å². The molecule has 0 fully saturated rings. The molecule has 17 heavy (non-hydrogen) atoms. The Kier molecular flexibility index (Phi) is 4.10. The summed E-state index contributed by atoms with van der Waals surface area (Å²) in [5, 5.41) is 13.1. The minimum Gasteiger partial charge on any atom is -0.388 e. The lowest BCUT2D eigenvalue weighted by Gasteiger charge is -2.09. The molecule has 1 atom stereocenters. The predicted octanol–water partition coefficient (Wildman–Crippen LogP) is 4.64. The Labute approximate surface area is 115 Å². The van der Waals surface area contributed by atoms with Crippen LogP contribution < -0.4 is 0 Å². The smallest absolute Gasteiger partial charge is 0.0838 e. The van der Waals surface area contributed by atoms with E-state index < -0.39 is 6.10 Å². The molecule has 1 nitrogen and oxygen atoms in total. The van der Waals surface area contributed by atoms with E-state index in [2.05, 4.69) is 0 Å². The topological polar surface area (TPSA) is 20.2 Å². The molecule has 0 aliphatic heterocycles. The van der Waals surface area contributed by atoms with Crippen LogP contribution in [0, 0.1) is 6.92 Å². The third-order valence-corrected chi connectivity index (χ3v) is 4.17. The van der Waals surface area contributed by atoms with Gasteiger partial charge in [-0.05, 0) is 41.6 Å². The highest BCUT2D eigenvalue weighted by molar-refractivity contribution is 7.10. The molecular weight excluding hydrogens is 275 g/mol. The molecule has 0 amide bonds. The molecule has 0 saturated heterocycles. The molecule has 1 heterocycles. The van der Waals surface area contributed by atoms with Crippen molar-refractivity contribution in [2.24, 2.45) is 0 Å². The van der Waals surface area contributed by atoms with Gasteiger partial charge in [0.05, 0.1) is 16.1 Å². The van der Waals surface area contributed by atoms with E-state index >= 15 is 0 Å². The Balaban J connectivity index is 2.12. The van der Waals surface area contributed by atoms with Crippen molar-refractivity contribution in [1.29, 1.82) is 0 Å². The Morgan fingerprint density at radius 1 is 1.24 bits per heavy atom. The molecule has 0 bridgehead atoms. The molecule has 0 spiro atoms. The van der Waals surface area contributed by atoms with Crippen LogP contribution in [0.5, 0.6) is 0 Å². The lowest BCUT2D eigenvalue weighted by Crippen LogP contribution is -2.00. The second-order valence-corrected chi connectivity index (χ2v) is 5.89. The van der Waals surface area contributed by atoms with Crippen LogP contribution in [0.25, 0.3) is 0 Å². The second kappa shape index (κ2) is 5.40. The summed E-state index contributed by atoms with van der Waals surface area (Å²) in [4.78, 5) is 1.20. The highest BCUT2D eigenvalue weighted by Crippen LogP contribution is 2.27.